The fraction of sp³-hybridized carbons (Fsp3) is 0.467. The molecule has 0 unspecified atom stereocenters. The summed E-state index contributed by atoms with van der Waals surface area (Å²) in [6.07, 6.45) is 0.687. The molecule has 1 aromatic carbocycles. The lowest BCUT2D eigenvalue weighted by atomic mass is 10.2. The molecule has 0 saturated carbocycles. The van der Waals surface area contributed by atoms with E-state index in [1.54, 1.807) is 12.1 Å². The highest BCUT2D eigenvalue weighted by atomic mass is 19.1. The molecule has 1 aromatic heterocycles. The number of nitrogens with zero attached hydrogens (tertiary/aromatic N) is 2. The lowest BCUT2D eigenvalue weighted by Gasteiger charge is -2.14. The number of benzene rings is 1. The van der Waals surface area contributed by atoms with E-state index in [1.807, 2.05) is 13.8 Å². The highest BCUT2D eigenvalue weighted by Gasteiger charge is 2.10. The lowest BCUT2D eigenvalue weighted by Crippen LogP contribution is -2.26. The highest BCUT2D eigenvalue weighted by molar-refractivity contribution is 5.89. The number of fused-ring (bicyclic) bond motifs is 1. The predicted molar refractivity (Wildman–Crippen MR) is 79.6 cm³/mol. The summed E-state index contributed by atoms with van der Waals surface area (Å²) in [6.45, 7) is 5.15. The zero-order valence-electron chi connectivity index (χ0n) is 12.2. The molecule has 1 atom stereocenters. The van der Waals surface area contributed by atoms with Crippen molar-refractivity contribution in [2.75, 3.05) is 25.1 Å². The number of aliphatic hydroxyl groups excluding tert-OH is 1. The van der Waals surface area contributed by atoms with E-state index in [2.05, 4.69) is 15.3 Å². The quantitative estimate of drug-likeness (QED) is 0.819. The fourth-order valence-corrected chi connectivity index (χ4v) is 1.92. The van der Waals surface area contributed by atoms with Crippen molar-refractivity contribution in [3.05, 3.63) is 30.3 Å². The van der Waals surface area contributed by atoms with Crippen molar-refractivity contribution in [1.82, 2.24) is 9.97 Å². The number of hydrogen-bond donors (Lipinski definition) is 2. The topological polar surface area (TPSA) is 67.3 Å². The van der Waals surface area contributed by atoms with Gasteiger partial charge in [0.15, 0.2) is 0 Å². The summed E-state index contributed by atoms with van der Waals surface area (Å²) in [4.78, 5) is 8.05. The van der Waals surface area contributed by atoms with Crippen molar-refractivity contribution in [2.45, 2.75) is 20.0 Å². The van der Waals surface area contributed by atoms with E-state index in [9.17, 15) is 9.50 Å². The third-order valence-electron chi connectivity index (χ3n) is 2.88. The summed E-state index contributed by atoms with van der Waals surface area (Å²) in [5.41, 5.74) is 0.526. The Hall–Kier alpha value is -1.79. The van der Waals surface area contributed by atoms with Crippen molar-refractivity contribution in [2.24, 2.45) is 5.92 Å². The molecule has 0 aliphatic carbocycles. The molecule has 0 fully saturated rings. The van der Waals surface area contributed by atoms with E-state index < -0.39 is 6.10 Å². The van der Waals surface area contributed by atoms with Gasteiger partial charge in [0.2, 0.25) is 0 Å². The fourth-order valence-electron chi connectivity index (χ4n) is 1.92. The van der Waals surface area contributed by atoms with Crippen LogP contribution in [0.3, 0.4) is 0 Å². The molecule has 5 nitrogen and oxygen atoms in total. The SMILES string of the molecule is CC(C)COC[C@@H](O)CNc1ncnc2cccc(F)c12. The molecule has 6 heteroatoms. The average molecular weight is 293 g/mol. The first kappa shape index (κ1) is 15.6. The summed E-state index contributed by atoms with van der Waals surface area (Å²) in [6, 6.07) is 4.68. The average Bonchev–Trinajstić information content (AvgIpc) is 2.45. The van der Waals surface area contributed by atoms with Crippen molar-refractivity contribution >= 4 is 16.7 Å². The third kappa shape index (κ3) is 4.34. The molecule has 114 valence electrons. The van der Waals surface area contributed by atoms with E-state index in [-0.39, 0.29) is 19.0 Å². The van der Waals surface area contributed by atoms with Crippen LogP contribution < -0.4 is 5.32 Å². The summed E-state index contributed by atoms with van der Waals surface area (Å²) >= 11 is 0. The molecule has 2 rings (SSSR count). The van der Waals surface area contributed by atoms with Crippen LogP contribution in [-0.4, -0.2) is 40.9 Å². The maximum absolute atomic E-state index is 13.9. The number of anilines is 1. The van der Waals surface area contributed by atoms with Gasteiger partial charge in [-0.1, -0.05) is 19.9 Å². The van der Waals surface area contributed by atoms with Crippen LogP contribution in [-0.2, 0) is 4.74 Å². The molecule has 0 saturated heterocycles. The Morgan fingerprint density at radius 3 is 2.86 bits per heavy atom. The second-order valence-electron chi connectivity index (χ2n) is 5.32. The van der Waals surface area contributed by atoms with E-state index >= 15 is 0 Å². The van der Waals surface area contributed by atoms with Gasteiger partial charge in [-0.25, -0.2) is 14.4 Å². The van der Waals surface area contributed by atoms with Gasteiger partial charge in [0.25, 0.3) is 0 Å². The third-order valence-corrected chi connectivity index (χ3v) is 2.88. The number of hydrogen-bond acceptors (Lipinski definition) is 5. The van der Waals surface area contributed by atoms with Crippen LogP contribution >= 0.6 is 0 Å². The number of rotatable bonds is 7. The second kappa shape index (κ2) is 7.28. The lowest BCUT2D eigenvalue weighted by molar-refractivity contribution is 0.0317. The molecule has 1 heterocycles. The minimum atomic E-state index is -0.680. The summed E-state index contributed by atoms with van der Waals surface area (Å²) in [5, 5.41) is 13.1. The van der Waals surface area contributed by atoms with Crippen LogP contribution in [0.2, 0.25) is 0 Å². The van der Waals surface area contributed by atoms with Crippen molar-refractivity contribution < 1.29 is 14.2 Å². The Morgan fingerprint density at radius 1 is 1.29 bits per heavy atom. The maximum Gasteiger partial charge on any atom is 0.140 e. The Labute approximate surface area is 123 Å². The summed E-state index contributed by atoms with van der Waals surface area (Å²) in [7, 11) is 0. The van der Waals surface area contributed by atoms with E-state index in [0.29, 0.717) is 29.2 Å². The molecule has 0 bridgehead atoms. The standard InChI is InChI=1S/C15H20FN3O2/c1-10(2)7-21-8-11(20)6-17-15-14-12(16)4-3-5-13(14)18-9-19-15/h3-5,9-11,20H,6-8H2,1-2H3,(H,17,18,19)/t11-/m0/s1. The van der Waals surface area contributed by atoms with Crippen LogP contribution in [0.5, 0.6) is 0 Å². The second-order valence-corrected chi connectivity index (χ2v) is 5.32. The maximum atomic E-state index is 13.9. The van der Waals surface area contributed by atoms with Gasteiger partial charge in [0.05, 0.1) is 23.6 Å². The molecule has 0 spiro atoms. The number of halogens is 1. The molecule has 0 aliphatic rings. The van der Waals surface area contributed by atoms with Crippen molar-refractivity contribution in [3.8, 4) is 0 Å². The van der Waals surface area contributed by atoms with Crippen LogP contribution in [0, 0.1) is 11.7 Å². The Kier molecular flexibility index (Phi) is 5.41. The minimum absolute atomic E-state index is 0.233. The zero-order chi connectivity index (χ0) is 15.2. The molecular weight excluding hydrogens is 273 g/mol. The van der Waals surface area contributed by atoms with Crippen LogP contribution in [0.15, 0.2) is 24.5 Å². The largest absolute Gasteiger partial charge is 0.389 e. The van der Waals surface area contributed by atoms with Gasteiger partial charge in [-0.05, 0) is 18.1 Å². The summed E-state index contributed by atoms with van der Waals surface area (Å²) in [5.74, 6) is 0.409. The summed E-state index contributed by atoms with van der Waals surface area (Å²) < 4.78 is 19.2. The minimum Gasteiger partial charge on any atom is -0.389 e. The molecule has 2 aromatic rings. The molecular formula is C15H20FN3O2. The van der Waals surface area contributed by atoms with Gasteiger partial charge in [0, 0.05) is 13.2 Å². The van der Waals surface area contributed by atoms with Gasteiger partial charge in [-0.2, -0.15) is 0 Å². The number of nitrogens with one attached hydrogen (secondary N) is 1. The first-order valence-electron chi connectivity index (χ1n) is 6.97. The van der Waals surface area contributed by atoms with E-state index in [0.717, 1.165) is 0 Å². The van der Waals surface area contributed by atoms with Gasteiger partial charge in [-0.3, -0.25) is 0 Å². The van der Waals surface area contributed by atoms with Crippen molar-refractivity contribution in [3.63, 3.8) is 0 Å². The van der Waals surface area contributed by atoms with Crippen LogP contribution in [0.1, 0.15) is 13.8 Å². The van der Waals surface area contributed by atoms with Gasteiger partial charge in [-0.15, -0.1) is 0 Å². The van der Waals surface area contributed by atoms with Gasteiger partial charge >= 0.3 is 0 Å². The van der Waals surface area contributed by atoms with Gasteiger partial charge in [0.1, 0.15) is 18.0 Å². The van der Waals surface area contributed by atoms with E-state index in [4.69, 9.17) is 4.74 Å². The smallest absolute Gasteiger partial charge is 0.140 e. The molecule has 0 aliphatic heterocycles. The first-order valence-corrected chi connectivity index (χ1v) is 6.97. The Bertz CT molecular complexity index is 587. The first-order chi connectivity index (χ1) is 10.1. The molecule has 2 N–H and O–H groups in total. The normalized spacial score (nSPS) is 12.8. The molecule has 0 radical (unpaired) electrons. The van der Waals surface area contributed by atoms with Gasteiger partial charge < -0.3 is 15.2 Å². The highest BCUT2D eigenvalue weighted by Crippen LogP contribution is 2.21. The molecule has 21 heavy (non-hydrogen) atoms. The number of aliphatic hydroxyl groups is 1. The Morgan fingerprint density at radius 2 is 2.10 bits per heavy atom. The Balaban J connectivity index is 1.97. The predicted octanol–water partition coefficient (Wildman–Crippen LogP) is 2.21. The number of ether oxygens (including phenoxy) is 1. The molecule has 0 amide bonds. The monoisotopic (exact) mass is 293 g/mol. The number of aromatic nitrogens is 2. The van der Waals surface area contributed by atoms with Crippen molar-refractivity contribution in [1.29, 1.82) is 0 Å². The van der Waals surface area contributed by atoms with Crippen LogP contribution in [0.4, 0.5) is 10.2 Å². The van der Waals surface area contributed by atoms with E-state index in [1.165, 1.54) is 12.4 Å². The van der Waals surface area contributed by atoms with Crippen LogP contribution in [0.25, 0.3) is 10.9 Å². The zero-order valence-corrected chi connectivity index (χ0v) is 12.2.